The summed E-state index contributed by atoms with van der Waals surface area (Å²) < 4.78 is 31.0. The summed E-state index contributed by atoms with van der Waals surface area (Å²) in [7, 11) is 1.33. The smallest absolute Gasteiger partial charge is 0.407 e. The van der Waals surface area contributed by atoms with Gasteiger partial charge in [-0.2, -0.15) is 9.37 Å². The van der Waals surface area contributed by atoms with Crippen molar-refractivity contribution in [1.29, 1.82) is 0 Å². The molecule has 9 heteroatoms. The van der Waals surface area contributed by atoms with Gasteiger partial charge in [0.2, 0.25) is 5.82 Å². The average molecular weight is 430 g/mol. The quantitative estimate of drug-likeness (QED) is 0.686. The Hall–Kier alpha value is -3.10. The lowest BCUT2D eigenvalue weighted by Crippen LogP contribution is -2.27. The van der Waals surface area contributed by atoms with Crippen molar-refractivity contribution >= 4 is 11.9 Å². The van der Waals surface area contributed by atoms with Crippen LogP contribution in [0, 0.1) is 11.7 Å². The number of methoxy groups -OCH3 is 1. The van der Waals surface area contributed by atoms with Crippen LogP contribution in [0.3, 0.4) is 0 Å². The van der Waals surface area contributed by atoms with Gasteiger partial charge in [0.05, 0.1) is 26.3 Å². The van der Waals surface area contributed by atoms with E-state index >= 15 is 0 Å². The fourth-order valence-corrected chi connectivity index (χ4v) is 3.51. The molecule has 1 aromatic carbocycles. The topological polar surface area (TPSA) is 85.8 Å². The Morgan fingerprint density at radius 2 is 2.03 bits per heavy atom. The number of halogens is 1. The van der Waals surface area contributed by atoms with E-state index in [4.69, 9.17) is 9.47 Å². The number of nitrogens with one attached hydrogen (secondary N) is 1. The molecule has 31 heavy (non-hydrogen) atoms. The molecule has 2 aromatic rings. The third-order valence-corrected chi connectivity index (χ3v) is 5.54. The molecule has 0 radical (unpaired) electrons. The van der Waals surface area contributed by atoms with E-state index < -0.39 is 11.9 Å². The summed E-state index contributed by atoms with van der Waals surface area (Å²) in [5.41, 5.74) is 0.938. The van der Waals surface area contributed by atoms with Gasteiger partial charge in [0.25, 0.3) is 5.88 Å². The van der Waals surface area contributed by atoms with Crippen LogP contribution in [0.25, 0.3) is 0 Å². The lowest BCUT2D eigenvalue weighted by Gasteiger charge is -2.19. The maximum atomic E-state index is 14.8. The molecule has 1 unspecified atom stereocenters. The molecule has 8 nitrogen and oxygen atoms in total. The Balaban J connectivity index is 1.33. The molecule has 1 aliphatic carbocycles. The first-order valence-electron chi connectivity index (χ1n) is 10.5. The van der Waals surface area contributed by atoms with Gasteiger partial charge in [-0.3, -0.25) is 0 Å². The Morgan fingerprint density at radius 1 is 1.26 bits per heavy atom. The standard InChI is InChI=1S/C22H27FN4O4/c1-14(26-22(28)29-2)16-5-7-17(8-6-16)31-18-9-10-27(11-18)20-19(23)21(25-13-24-20)30-12-15-3-4-15/h5-8,13-15,18H,3-4,9-12H2,1-2H3,(H,26,28)/t14-,18?/m0/s1. The Morgan fingerprint density at radius 3 is 2.74 bits per heavy atom. The number of hydrogen-bond donors (Lipinski definition) is 1. The van der Waals surface area contributed by atoms with Crippen molar-refractivity contribution in [3.8, 4) is 11.6 Å². The van der Waals surface area contributed by atoms with Crippen molar-refractivity contribution in [2.24, 2.45) is 5.92 Å². The van der Waals surface area contributed by atoms with Crippen LogP contribution < -0.4 is 19.7 Å². The summed E-state index contributed by atoms with van der Waals surface area (Å²) >= 11 is 0. The Bertz CT molecular complexity index is 907. The summed E-state index contributed by atoms with van der Waals surface area (Å²) in [6.07, 6.45) is 3.80. The molecule has 1 aliphatic heterocycles. The molecule has 2 fully saturated rings. The van der Waals surface area contributed by atoms with Gasteiger partial charge in [-0.1, -0.05) is 12.1 Å². The first-order chi connectivity index (χ1) is 15.0. The molecule has 2 aliphatic rings. The van der Waals surface area contributed by atoms with Crippen LogP contribution in [0.1, 0.15) is 37.8 Å². The molecule has 1 saturated heterocycles. The highest BCUT2D eigenvalue weighted by molar-refractivity contribution is 5.67. The van der Waals surface area contributed by atoms with Crippen LogP contribution in [-0.2, 0) is 4.74 Å². The van der Waals surface area contributed by atoms with Crippen LogP contribution in [0.4, 0.5) is 15.0 Å². The number of nitrogens with zero attached hydrogens (tertiary/aromatic N) is 3. The molecule has 1 amide bonds. The first-order valence-corrected chi connectivity index (χ1v) is 10.5. The molecule has 4 rings (SSSR count). The van der Waals surface area contributed by atoms with Gasteiger partial charge in [0.15, 0.2) is 5.82 Å². The number of carbonyl (C=O) groups excluding carboxylic acids is 1. The van der Waals surface area contributed by atoms with E-state index in [1.54, 1.807) is 0 Å². The number of amides is 1. The van der Waals surface area contributed by atoms with Crippen LogP contribution in [0.2, 0.25) is 0 Å². The number of carbonyl (C=O) groups is 1. The highest BCUT2D eigenvalue weighted by Crippen LogP contribution is 2.31. The zero-order valence-electron chi connectivity index (χ0n) is 17.7. The summed E-state index contributed by atoms with van der Waals surface area (Å²) in [6, 6.07) is 7.35. The second-order valence-electron chi connectivity index (χ2n) is 7.97. The fourth-order valence-electron chi connectivity index (χ4n) is 3.51. The summed E-state index contributed by atoms with van der Waals surface area (Å²) in [5, 5.41) is 2.72. The minimum Gasteiger partial charge on any atom is -0.489 e. The highest BCUT2D eigenvalue weighted by atomic mass is 19.1. The Labute approximate surface area is 180 Å². The van der Waals surface area contributed by atoms with Gasteiger partial charge in [0, 0.05) is 13.0 Å². The fraction of sp³-hybridized carbons (Fsp3) is 0.500. The summed E-state index contributed by atoms with van der Waals surface area (Å²) in [6.45, 7) is 3.54. The number of benzene rings is 1. The highest BCUT2D eigenvalue weighted by Gasteiger charge is 2.29. The molecule has 2 atom stereocenters. The van der Waals surface area contributed by atoms with Crippen molar-refractivity contribution in [3.63, 3.8) is 0 Å². The zero-order valence-corrected chi connectivity index (χ0v) is 17.7. The van der Waals surface area contributed by atoms with E-state index in [1.807, 2.05) is 36.1 Å². The molecule has 0 bridgehead atoms. The maximum Gasteiger partial charge on any atom is 0.407 e. The van der Waals surface area contributed by atoms with Crippen LogP contribution in [-0.4, -0.2) is 49.0 Å². The van der Waals surface area contributed by atoms with E-state index in [1.165, 1.54) is 13.4 Å². The largest absolute Gasteiger partial charge is 0.489 e. The zero-order chi connectivity index (χ0) is 21.8. The van der Waals surface area contributed by atoms with Crippen molar-refractivity contribution in [1.82, 2.24) is 15.3 Å². The first kappa shape index (κ1) is 21.1. The predicted octanol–water partition coefficient (Wildman–Crippen LogP) is 3.48. The molecule has 1 aromatic heterocycles. The number of rotatable bonds is 8. The summed E-state index contributed by atoms with van der Waals surface area (Å²) in [4.78, 5) is 21.3. The Kier molecular flexibility index (Phi) is 6.39. The maximum absolute atomic E-state index is 14.8. The van der Waals surface area contributed by atoms with E-state index in [0.717, 1.165) is 30.6 Å². The lowest BCUT2D eigenvalue weighted by atomic mass is 10.1. The van der Waals surface area contributed by atoms with Crippen molar-refractivity contribution in [2.45, 2.75) is 38.3 Å². The third kappa shape index (κ3) is 5.34. The van der Waals surface area contributed by atoms with Crippen molar-refractivity contribution in [2.75, 3.05) is 31.7 Å². The molecule has 0 spiro atoms. The molecule has 1 saturated carbocycles. The second-order valence-corrected chi connectivity index (χ2v) is 7.97. The van der Waals surface area contributed by atoms with Gasteiger partial charge < -0.3 is 24.4 Å². The summed E-state index contributed by atoms with van der Waals surface area (Å²) in [5.74, 6) is 1.00. The number of aromatic nitrogens is 2. The number of ether oxygens (including phenoxy) is 3. The number of anilines is 1. The molecule has 1 N–H and O–H groups in total. The normalized spacial score (nSPS) is 19.1. The van der Waals surface area contributed by atoms with Gasteiger partial charge in [-0.15, -0.1) is 0 Å². The molecule has 166 valence electrons. The van der Waals surface area contributed by atoms with Crippen LogP contribution in [0.15, 0.2) is 30.6 Å². The van der Waals surface area contributed by atoms with Crippen LogP contribution in [0.5, 0.6) is 11.6 Å². The number of hydrogen-bond acceptors (Lipinski definition) is 7. The van der Waals surface area contributed by atoms with E-state index in [9.17, 15) is 9.18 Å². The van der Waals surface area contributed by atoms with Gasteiger partial charge in [-0.05, 0) is 43.4 Å². The molecular weight excluding hydrogens is 403 g/mol. The SMILES string of the molecule is COC(=O)N[C@@H](C)c1ccc(OC2CCN(c3ncnc(OCC4CC4)c3F)C2)cc1. The second kappa shape index (κ2) is 9.36. The lowest BCUT2D eigenvalue weighted by molar-refractivity contribution is 0.167. The minimum absolute atomic E-state index is 0.0199. The average Bonchev–Trinajstić information content (AvgIpc) is 3.50. The third-order valence-electron chi connectivity index (χ3n) is 5.54. The van der Waals surface area contributed by atoms with E-state index in [2.05, 4.69) is 20.0 Å². The van der Waals surface area contributed by atoms with E-state index in [-0.39, 0.29) is 23.8 Å². The van der Waals surface area contributed by atoms with Gasteiger partial charge >= 0.3 is 6.09 Å². The van der Waals surface area contributed by atoms with Crippen molar-refractivity contribution in [3.05, 3.63) is 42.0 Å². The van der Waals surface area contributed by atoms with Gasteiger partial charge in [0.1, 0.15) is 18.2 Å². The minimum atomic E-state index is -0.514. The predicted molar refractivity (Wildman–Crippen MR) is 112 cm³/mol. The van der Waals surface area contributed by atoms with E-state index in [0.29, 0.717) is 25.6 Å². The van der Waals surface area contributed by atoms with Gasteiger partial charge in [-0.25, -0.2) is 9.78 Å². The monoisotopic (exact) mass is 430 g/mol. The number of alkyl carbamates (subject to hydrolysis) is 1. The van der Waals surface area contributed by atoms with Crippen molar-refractivity contribution < 1.29 is 23.4 Å². The molecule has 2 heterocycles. The molecular formula is C22H27FN4O4. The van der Waals surface area contributed by atoms with Crippen LogP contribution >= 0.6 is 0 Å².